The SMILES string of the molecule is C[C@@H]1C=CC[C@H](NC(=O)OC(C)(C)C)c2cn(COCC[Si](C)(C)C)c(n2)-c2ccc([N+](=O)[O-])cc2NC1=O. The van der Waals surface area contributed by atoms with Crippen molar-refractivity contribution in [1.82, 2.24) is 14.9 Å². The number of benzene rings is 1. The maximum atomic E-state index is 13.0. The molecule has 0 saturated heterocycles. The first-order valence-corrected chi connectivity index (χ1v) is 16.7. The van der Waals surface area contributed by atoms with Gasteiger partial charge in [-0.05, 0) is 39.3 Å². The van der Waals surface area contributed by atoms with Crippen LogP contribution in [0.15, 0.2) is 36.5 Å². The maximum Gasteiger partial charge on any atom is 0.408 e. The van der Waals surface area contributed by atoms with Gasteiger partial charge in [0.2, 0.25) is 5.91 Å². The molecule has 1 aliphatic rings. The average molecular weight is 558 g/mol. The minimum atomic E-state index is -1.31. The molecule has 0 saturated carbocycles. The summed E-state index contributed by atoms with van der Waals surface area (Å²) in [6, 6.07) is 4.71. The van der Waals surface area contributed by atoms with Gasteiger partial charge in [-0.2, -0.15) is 0 Å². The molecule has 2 atom stereocenters. The van der Waals surface area contributed by atoms with Crippen molar-refractivity contribution in [3.05, 3.63) is 52.4 Å². The topological polar surface area (TPSA) is 138 Å². The molecule has 0 unspecified atom stereocenters. The third kappa shape index (κ3) is 8.75. The van der Waals surface area contributed by atoms with Crippen molar-refractivity contribution in [2.45, 2.75) is 78.2 Å². The number of rotatable bonds is 7. The number of alkyl carbamates (subject to hydrolysis) is 1. The molecule has 12 heteroatoms. The average Bonchev–Trinajstić information content (AvgIpc) is 3.22. The molecule has 1 aliphatic heterocycles. The van der Waals surface area contributed by atoms with Gasteiger partial charge in [0.1, 0.15) is 18.2 Å². The fraction of sp³-hybridized carbons (Fsp3) is 0.519. The summed E-state index contributed by atoms with van der Waals surface area (Å²) in [5.74, 6) is -0.389. The monoisotopic (exact) mass is 557 g/mol. The third-order valence-electron chi connectivity index (χ3n) is 5.99. The fourth-order valence-corrected chi connectivity index (χ4v) is 4.62. The van der Waals surface area contributed by atoms with Gasteiger partial charge in [-0.25, -0.2) is 9.78 Å². The van der Waals surface area contributed by atoms with E-state index in [4.69, 9.17) is 14.5 Å². The molecule has 1 aromatic heterocycles. The lowest BCUT2D eigenvalue weighted by Crippen LogP contribution is -2.35. The van der Waals surface area contributed by atoms with Crippen LogP contribution in [0.5, 0.6) is 0 Å². The number of anilines is 1. The molecule has 39 heavy (non-hydrogen) atoms. The number of aromatic nitrogens is 2. The van der Waals surface area contributed by atoms with Gasteiger partial charge < -0.3 is 24.7 Å². The first kappa shape index (κ1) is 30.0. The molecule has 1 aromatic carbocycles. The Morgan fingerprint density at radius 1 is 1.31 bits per heavy atom. The van der Waals surface area contributed by atoms with E-state index >= 15 is 0 Å². The quantitative estimate of drug-likeness (QED) is 0.143. The molecule has 0 radical (unpaired) electrons. The Labute approximate surface area is 230 Å². The van der Waals surface area contributed by atoms with Crippen LogP contribution < -0.4 is 10.6 Å². The number of nitrogens with one attached hydrogen (secondary N) is 2. The number of ether oxygens (including phenoxy) is 2. The summed E-state index contributed by atoms with van der Waals surface area (Å²) in [7, 11) is -1.31. The lowest BCUT2D eigenvalue weighted by molar-refractivity contribution is -0.384. The Morgan fingerprint density at radius 2 is 2.03 bits per heavy atom. The van der Waals surface area contributed by atoms with Crippen LogP contribution in [0, 0.1) is 16.0 Å². The van der Waals surface area contributed by atoms with Crippen molar-refractivity contribution >= 4 is 31.4 Å². The molecule has 0 aliphatic carbocycles. The van der Waals surface area contributed by atoms with Gasteiger partial charge in [0.25, 0.3) is 5.69 Å². The molecule has 212 valence electrons. The maximum absolute atomic E-state index is 13.0. The molecule has 2 bridgehead atoms. The summed E-state index contributed by atoms with van der Waals surface area (Å²) in [6.45, 7) is 14.7. The number of imidazole rings is 1. The summed E-state index contributed by atoms with van der Waals surface area (Å²) >= 11 is 0. The van der Waals surface area contributed by atoms with E-state index in [0.29, 0.717) is 30.1 Å². The standard InChI is InChI=1S/C27H39N5O6Si/c1-18-9-8-10-21(30-26(34)38-27(2,3)4)23-16-31(17-37-13-14-39(5,6)7)24(28-23)20-12-11-19(32(35)36)15-22(20)29-25(18)33/h8-9,11-12,15-16,18,21H,10,13-14,17H2,1-7H3,(H,29,33)(H,30,34)/t18-,21+/m1/s1. The number of carbonyl (C=O) groups excluding carboxylic acids is 2. The van der Waals surface area contributed by atoms with Crippen LogP contribution in [0.2, 0.25) is 25.7 Å². The number of nitrogens with zero attached hydrogens (tertiary/aromatic N) is 3. The predicted molar refractivity (Wildman–Crippen MR) is 152 cm³/mol. The smallest absolute Gasteiger partial charge is 0.408 e. The van der Waals surface area contributed by atoms with Crippen LogP contribution in [0.25, 0.3) is 11.4 Å². The second-order valence-electron chi connectivity index (χ2n) is 11.9. The number of hydrogen-bond acceptors (Lipinski definition) is 7. The Kier molecular flexibility index (Phi) is 9.33. The zero-order valence-electron chi connectivity index (χ0n) is 23.7. The molecule has 11 nitrogen and oxygen atoms in total. The van der Waals surface area contributed by atoms with E-state index in [-0.39, 0.29) is 24.0 Å². The van der Waals surface area contributed by atoms with Crippen LogP contribution in [0.3, 0.4) is 0 Å². The highest BCUT2D eigenvalue weighted by Crippen LogP contribution is 2.33. The number of hydrogen-bond donors (Lipinski definition) is 2. The van der Waals surface area contributed by atoms with Crippen LogP contribution >= 0.6 is 0 Å². The van der Waals surface area contributed by atoms with Crippen LogP contribution in [-0.2, 0) is 21.0 Å². The Bertz CT molecular complexity index is 1240. The Balaban J connectivity index is 2.09. The van der Waals surface area contributed by atoms with Gasteiger partial charge in [-0.1, -0.05) is 38.7 Å². The zero-order chi connectivity index (χ0) is 29.0. The van der Waals surface area contributed by atoms with E-state index in [2.05, 4.69) is 30.3 Å². The van der Waals surface area contributed by atoms with E-state index in [0.717, 1.165) is 6.04 Å². The number of carbonyl (C=O) groups is 2. The number of nitro groups is 1. The molecule has 0 spiro atoms. The highest BCUT2D eigenvalue weighted by atomic mass is 28.3. The van der Waals surface area contributed by atoms with Crippen molar-refractivity contribution in [2.75, 3.05) is 11.9 Å². The largest absolute Gasteiger partial charge is 0.444 e. The molecule has 2 amide bonds. The molecular formula is C27H39N5O6Si. The molecule has 0 fully saturated rings. The molecule has 2 heterocycles. The highest BCUT2D eigenvalue weighted by molar-refractivity contribution is 6.76. The molecular weight excluding hydrogens is 518 g/mol. The van der Waals surface area contributed by atoms with Crippen molar-refractivity contribution in [3.63, 3.8) is 0 Å². The van der Waals surface area contributed by atoms with E-state index in [1.807, 2.05) is 6.08 Å². The second-order valence-corrected chi connectivity index (χ2v) is 17.6. The number of nitro benzene ring substituents is 1. The van der Waals surface area contributed by atoms with E-state index in [1.165, 1.54) is 12.1 Å². The minimum Gasteiger partial charge on any atom is -0.444 e. The summed E-state index contributed by atoms with van der Waals surface area (Å²) in [5, 5.41) is 17.2. The zero-order valence-corrected chi connectivity index (χ0v) is 24.7. The van der Waals surface area contributed by atoms with Crippen molar-refractivity contribution < 1.29 is 24.0 Å². The van der Waals surface area contributed by atoms with Crippen molar-refractivity contribution in [3.8, 4) is 11.4 Å². The summed E-state index contributed by atoms with van der Waals surface area (Å²) in [4.78, 5) is 41.5. The van der Waals surface area contributed by atoms with Crippen LogP contribution in [0.4, 0.5) is 16.2 Å². The first-order chi connectivity index (χ1) is 18.1. The number of fused-ring (bicyclic) bond motifs is 4. The fourth-order valence-electron chi connectivity index (χ4n) is 3.86. The summed E-state index contributed by atoms with van der Waals surface area (Å²) < 4.78 is 13.3. The van der Waals surface area contributed by atoms with Crippen molar-refractivity contribution in [2.24, 2.45) is 5.92 Å². The third-order valence-corrected chi connectivity index (χ3v) is 7.70. The predicted octanol–water partition coefficient (Wildman–Crippen LogP) is 5.87. The first-order valence-electron chi connectivity index (χ1n) is 13.0. The lowest BCUT2D eigenvalue weighted by Gasteiger charge is -2.22. The lowest BCUT2D eigenvalue weighted by atomic mass is 10.1. The number of non-ortho nitro benzene ring substituents is 1. The van der Waals surface area contributed by atoms with Crippen LogP contribution in [-0.4, -0.2) is 46.8 Å². The normalized spacial score (nSPS) is 17.9. The highest BCUT2D eigenvalue weighted by Gasteiger charge is 2.26. The van der Waals surface area contributed by atoms with Crippen molar-refractivity contribution in [1.29, 1.82) is 0 Å². The van der Waals surface area contributed by atoms with Gasteiger partial charge in [-0.15, -0.1) is 0 Å². The Morgan fingerprint density at radius 3 is 2.67 bits per heavy atom. The van der Waals surface area contributed by atoms with Crippen LogP contribution in [0.1, 0.15) is 45.9 Å². The summed E-state index contributed by atoms with van der Waals surface area (Å²) in [5.41, 5.74) is 0.506. The van der Waals surface area contributed by atoms with E-state index in [9.17, 15) is 19.7 Å². The van der Waals surface area contributed by atoms with Gasteiger partial charge in [-0.3, -0.25) is 14.9 Å². The second kappa shape index (κ2) is 12.1. The summed E-state index contributed by atoms with van der Waals surface area (Å²) in [6.07, 6.45) is 5.13. The van der Waals surface area contributed by atoms with Gasteiger partial charge in [0.15, 0.2) is 0 Å². The van der Waals surface area contributed by atoms with Gasteiger partial charge in [0, 0.05) is 38.6 Å². The van der Waals surface area contributed by atoms with Gasteiger partial charge in [0.05, 0.1) is 28.3 Å². The molecule has 3 rings (SSSR count). The van der Waals surface area contributed by atoms with Gasteiger partial charge >= 0.3 is 6.09 Å². The van der Waals surface area contributed by atoms with E-state index in [1.54, 1.807) is 50.6 Å². The minimum absolute atomic E-state index is 0.154. The Hall–Kier alpha value is -3.51. The molecule has 2 aromatic rings. The van der Waals surface area contributed by atoms with E-state index < -0.39 is 36.7 Å². The molecule has 2 N–H and O–H groups in total. The number of amides is 2.